The van der Waals surface area contributed by atoms with Crippen molar-refractivity contribution in [3.63, 3.8) is 0 Å². The van der Waals surface area contributed by atoms with Crippen molar-refractivity contribution in [2.75, 3.05) is 44.6 Å². The molecule has 0 saturated heterocycles. The van der Waals surface area contributed by atoms with Gasteiger partial charge in [0.15, 0.2) is 0 Å². The van der Waals surface area contributed by atoms with Crippen LogP contribution in [0.1, 0.15) is 40.9 Å². The van der Waals surface area contributed by atoms with Gasteiger partial charge in [-0.15, -0.1) is 11.3 Å². The maximum absolute atomic E-state index is 13.0. The second kappa shape index (κ2) is 10.6. The molecule has 1 aromatic carbocycles. The molecule has 1 saturated carbocycles. The van der Waals surface area contributed by atoms with Crippen LogP contribution in [0.4, 0.5) is 11.4 Å². The number of carbonyl (C=O) groups is 2. The Labute approximate surface area is 182 Å². The summed E-state index contributed by atoms with van der Waals surface area (Å²) in [6.45, 7) is 1.41. The van der Waals surface area contributed by atoms with E-state index >= 15 is 0 Å². The van der Waals surface area contributed by atoms with Gasteiger partial charge in [0.05, 0.1) is 11.5 Å². The predicted molar refractivity (Wildman–Crippen MR) is 122 cm³/mol. The smallest absolute Gasteiger partial charge is 0.264 e. The quantitative estimate of drug-likeness (QED) is 0.648. The summed E-state index contributed by atoms with van der Waals surface area (Å²) in [5.41, 5.74) is 2.79. The zero-order valence-corrected chi connectivity index (χ0v) is 18.8. The monoisotopic (exact) mass is 429 g/mol. The maximum atomic E-state index is 13.0. The van der Waals surface area contributed by atoms with Crippen molar-refractivity contribution in [3.8, 4) is 0 Å². The van der Waals surface area contributed by atoms with E-state index in [4.69, 9.17) is 4.74 Å². The Kier molecular flexibility index (Phi) is 7.87. The van der Waals surface area contributed by atoms with Gasteiger partial charge >= 0.3 is 0 Å². The Bertz CT molecular complexity index is 845. The molecule has 0 aliphatic heterocycles. The van der Waals surface area contributed by atoms with Crippen molar-refractivity contribution in [1.29, 1.82) is 0 Å². The van der Waals surface area contributed by atoms with Crippen LogP contribution in [0, 0.1) is 5.92 Å². The molecule has 1 aliphatic rings. The van der Waals surface area contributed by atoms with E-state index in [0.717, 1.165) is 42.6 Å². The lowest BCUT2D eigenvalue weighted by Gasteiger charge is -2.26. The fourth-order valence-corrected chi connectivity index (χ4v) is 4.56. The van der Waals surface area contributed by atoms with Crippen molar-refractivity contribution in [3.05, 3.63) is 46.2 Å². The molecule has 0 radical (unpaired) electrons. The average Bonchev–Trinajstić information content (AvgIpc) is 3.44. The zero-order chi connectivity index (χ0) is 21.5. The van der Waals surface area contributed by atoms with Gasteiger partial charge in [0.25, 0.3) is 5.91 Å². The molecule has 6 nitrogen and oxygen atoms in total. The molecular weight excluding hydrogens is 398 g/mol. The van der Waals surface area contributed by atoms with Gasteiger partial charge in [-0.05, 0) is 48.1 Å². The van der Waals surface area contributed by atoms with Crippen LogP contribution < -0.4 is 10.2 Å². The van der Waals surface area contributed by atoms with Gasteiger partial charge in [-0.25, -0.2) is 0 Å². The molecular formula is C23H31N3O3S. The third kappa shape index (κ3) is 5.61. The number of rotatable bonds is 9. The first kappa shape index (κ1) is 22.3. The minimum Gasteiger partial charge on any atom is -0.383 e. The highest BCUT2D eigenvalue weighted by Gasteiger charge is 2.23. The first-order valence-corrected chi connectivity index (χ1v) is 11.3. The normalized spacial score (nSPS) is 14.0. The molecule has 1 N–H and O–H groups in total. The zero-order valence-electron chi connectivity index (χ0n) is 18.0. The highest BCUT2D eigenvalue weighted by Crippen LogP contribution is 2.28. The number of nitrogens with zero attached hydrogens (tertiary/aromatic N) is 2. The molecule has 0 atom stereocenters. The fourth-order valence-electron chi connectivity index (χ4n) is 3.87. The maximum Gasteiger partial charge on any atom is 0.264 e. The minimum absolute atomic E-state index is 0.00727. The van der Waals surface area contributed by atoms with Gasteiger partial charge in [-0.1, -0.05) is 18.9 Å². The van der Waals surface area contributed by atoms with E-state index in [1.54, 1.807) is 12.0 Å². The summed E-state index contributed by atoms with van der Waals surface area (Å²) < 4.78 is 5.23. The van der Waals surface area contributed by atoms with Gasteiger partial charge in [0.1, 0.15) is 0 Å². The number of methoxy groups -OCH3 is 1. The van der Waals surface area contributed by atoms with Gasteiger partial charge < -0.3 is 19.9 Å². The third-order valence-electron chi connectivity index (χ3n) is 5.50. The highest BCUT2D eigenvalue weighted by atomic mass is 32.1. The summed E-state index contributed by atoms with van der Waals surface area (Å²) in [5.74, 6) is 0.203. The second-order valence-corrected chi connectivity index (χ2v) is 8.85. The number of benzene rings is 1. The van der Waals surface area contributed by atoms with E-state index < -0.39 is 0 Å². The van der Waals surface area contributed by atoms with Crippen LogP contribution in [0.5, 0.6) is 0 Å². The third-order valence-corrected chi connectivity index (χ3v) is 6.36. The summed E-state index contributed by atoms with van der Waals surface area (Å²) in [7, 11) is 5.60. The SMILES string of the molecule is COCCN(Cc1cc(NC(=O)C2CCCC2)ccc1N(C)C)C(=O)c1cccs1. The lowest BCUT2D eigenvalue weighted by atomic mass is 10.1. The first-order valence-electron chi connectivity index (χ1n) is 10.4. The van der Waals surface area contributed by atoms with E-state index in [-0.39, 0.29) is 17.7 Å². The molecule has 0 unspecified atom stereocenters. The van der Waals surface area contributed by atoms with Crippen LogP contribution in [0.3, 0.4) is 0 Å². The van der Waals surface area contributed by atoms with Crippen molar-refractivity contribution in [1.82, 2.24) is 4.90 Å². The molecule has 1 aromatic heterocycles. The molecule has 7 heteroatoms. The molecule has 1 fully saturated rings. The summed E-state index contributed by atoms with van der Waals surface area (Å²) in [6, 6.07) is 9.66. The second-order valence-electron chi connectivity index (χ2n) is 7.91. The van der Waals surface area contributed by atoms with E-state index in [1.165, 1.54) is 11.3 Å². The molecule has 2 aromatic rings. The number of hydrogen-bond acceptors (Lipinski definition) is 5. The molecule has 30 heavy (non-hydrogen) atoms. The Balaban J connectivity index is 1.82. The Hall–Kier alpha value is -2.38. The van der Waals surface area contributed by atoms with E-state index in [1.807, 2.05) is 54.7 Å². The average molecular weight is 430 g/mol. The molecule has 3 rings (SSSR count). The molecule has 0 spiro atoms. The van der Waals surface area contributed by atoms with Gasteiger partial charge in [-0.3, -0.25) is 9.59 Å². The minimum atomic E-state index is -0.00727. The molecule has 162 valence electrons. The van der Waals surface area contributed by atoms with Crippen molar-refractivity contribution < 1.29 is 14.3 Å². The first-order chi connectivity index (χ1) is 14.5. The number of nitrogens with one attached hydrogen (secondary N) is 1. The summed E-state index contributed by atoms with van der Waals surface area (Å²) in [4.78, 5) is 30.1. The number of ether oxygens (including phenoxy) is 1. The van der Waals surface area contributed by atoms with Crippen molar-refractivity contribution in [2.45, 2.75) is 32.2 Å². The molecule has 1 heterocycles. The number of carbonyl (C=O) groups excluding carboxylic acids is 2. The van der Waals surface area contributed by atoms with E-state index in [2.05, 4.69) is 5.32 Å². The topological polar surface area (TPSA) is 61.9 Å². The van der Waals surface area contributed by atoms with Crippen molar-refractivity contribution >= 4 is 34.5 Å². The number of anilines is 2. The van der Waals surface area contributed by atoms with Gasteiger partial charge in [-0.2, -0.15) is 0 Å². The van der Waals surface area contributed by atoms with Gasteiger partial charge in [0.2, 0.25) is 5.91 Å². The van der Waals surface area contributed by atoms with Crippen LogP contribution >= 0.6 is 11.3 Å². The highest BCUT2D eigenvalue weighted by molar-refractivity contribution is 7.12. The van der Waals surface area contributed by atoms with Crippen LogP contribution in [0.25, 0.3) is 0 Å². The largest absolute Gasteiger partial charge is 0.383 e. The number of thiophene rings is 1. The Morgan fingerprint density at radius 3 is 2.60 bits per heavy atom. The number of amides is 2. The van der Waals surface area contributed by atoms with Crippen LogP contribution in [-0.4, -0.2) is 51.1 Å². The summed E-state index contributed by atoms with van der Waals surface area (Å²) >= 11 is 1.44. The van der Waals surface area contributed by atoms with Crippen molar-refractivity contribution in [2.24, 2.45) is 5.92 Å². The summed E-state index contributed by atoms with van der Waals surface area (Å²) in [6.07, 6.45) is 4.19. The fraction of sp³-hybridized carbons (Fsp3) is 0.478. The standard InChI is InChI=1S/C23H31N3O3S/c1-25(2)20-11-10-19(24-22(27)17-7-4-5-8-17)15-18(20)16-26(12-13-29-3)23(28)21-9-6-14-30-21/h6,9-11,14-15,17H,4-5,7-8,12-13,16H2,1-3H3,(H,24,27). The summed E-state index contributed by atoms with van der Waals surface area (Å²) in [5, 5.41) is 4.99. The number of hydrogen-bond donors (Lipinski definition) is 1. The predicted octanol–water partition coefficient (Wildman–Crippen LogP) is 4.23. The lowest BCUT2D eigenvalue weighted by molar-refractivity contribution is -0.119. The van der Waals surface area contributed by atoms with Crippen LogP contribution in [0.15, 0.2) is 35.7 Å². The molecule has 0 bridgehead atoms. The Morgan fingerprint density at radius 1 is 1.20 bits per heavy atom. The van der Waals surface area contributed by atoms with E-state index in [0.29, 0.717) is 24.6 Å². The van der Waals surface area contributed by atoms with Crippen LogP contribution in [-0.2, 0) is 16.1 Å². The van der Waals surface area contributed by atoms with Crippen LogP contribution in [0.2, 0.25) is 0 Å². The molecule has 1 aliphatic carbocycles. The van der Waals surface area contributed by atoms with Gasteiger partial charge in [0, 0.05) is 51.6 Å². The lowest BCUT2D eigenvalue weighted by Crippen LogP contribution is -2.33. The Morgan fingerprint density at radius 2 is 1.97 bits per heavy atom. The van der Waals surface area contributed by atoms with E-state index in [9.17, 15) is 9.59 Å². The molecule has 2 amide bonds.